The summed E-state index contributed by atoms with van der Waals surface area (Å²) in [6.45, 7) is 1.57. The summed E-state index contributed by atoms with van der Waals surface area (Å²) < 4.78 is 20.5. The Morgan fingerprint density at radius 2 is 2.13 bits per heavy atom. The van der Waals surface area contributed by atoms with Crippen molar-refractivity contribution in [1.29, 1.82) is 0 Å². The molecular formula is C8H20NO5P. The Balaban J connectivity index is 3.93. The zero-order valence-electron chi connectivity index (χ0n) is 9.34. The normalized spacial score (nSPS) is 19.5. The van der Waals surface area contributed by atoms with Crippen LogP contribution in [-0.2, 0) is 13.8 Å². The molecule has 0 saturated carbocycles. The van der Waals surface area contributed by atoms with Gasteiger partial charge in [-0.15, -0.1) is 0 Å². The van der Waals surface area contributed by atoms with Gasteiger partial charge < -0.3 is 24.6 Å². The van der Waals surface area contributed by atoms with Crippen LogP contribution in [0.25, 0.3) is 0 Å². The Labute approximate surface area is 90.1 Å². The van der Waals surface area contributed by atoms with Gasteiger partial charge in [0.25, 0.3) is 0 Å². The number of hydrogen-bond acceptors (Lipinski definition) is 5. The van der Waals surface area contributed by atoms with Crippen LogP contribution in [0.4, 0.5) is 0 Å². The van der Waals surface area contributed by atoms with E-state index >= 15 is 0 Å². The van der Waals surface area contributed by atoms with E-state index in [0.29, 0.717) is 13.0 Å². The molecule has 92 valence electrons. The lowest BCUT2D eigenvalue weighted by atomic mass is 10.1. The van der Waals surface area contributed by atoms with Crippen molar-refractivity contribution in [3.63, 3.8) is 0 Å². The summed E-state index contributed by atoms with van der Waals surface area (Å²) in [6.07, 6.45) is -0.690. The van der Waals surface area contributed by atoms with Gasteiger partial charge >= 0.3 is 7.60 Å². The Hall–Kier alpha value is 0.0300. The second-order valence-corrected chi connectivity index (χ2v) is 5.20. The quantitative estimate of drug-likeness (QED) is 0.510. The van der Waals surface area contributed by atoms with Gasteiger partial charge in [0, 0.05) is 13.8 Å². The molecule has 2 unspecified atom stereocenters. The second-order valence-electron chi connectivity index (χ2n) is 3.33. The maximum atomic E-state index is 10.8. The maximum absolute atomic E-state index is 10.8. The molecule has 0 amide bonds. The summed E-state index contributed by atoms with van der Waals surface area (Å²) in [5.41, 5.74) is 0. The molecule has 3 N–H and O–H groups in total. The lowest BCUT2D eigenvalue weighted by Crippen LogP contribution is -2.34. The Bertz CT molecular complexity index is 207. The molecule has 7 heteroatoms. The van der Waals surface area contributed by atoms with Crippen molar-refractivity contribution in [2.75, 3.05) is 34.0 Å². The number of methoxy groups -OCH3 is 1. The van der Waals surface area contributed by atoms with Crippen LogP contribution in [0.1, 0.15) is 6.42 Å². The van der Waals surface area contributed by atoms with Crippen LogP contribution in [0.5, 0.6) is 0 Å². The van der Waals surface area contributed by atoms with Crippen LogP contribution in [0.2, 0.25) is 0 Å². The molecule has 6 nitrogen and oxygen atoms in total. The molecule has 0 radical (unpaired) electrons. The van der Waals surface area contributed by atoms with Gasteiger partial charge in [-0.25, -0.2) is 0 Å². The van der Waals surface area contributed by atoms with Crippen molar-refractivity contribution in [2.45, 2.75) is 18.6 Å². The van der Waals surface area contributed by atoms with Gasteiger partial charge in [0.05, 0.1) is 12.7 Å². The summed E-state index contributed by atoms with van der Waals surface area (Å²) in [5, 5.41) is 12.5. The molecule has 0 fully saturated rings. The van der Waals surface area contributed by atoms with E-state index in [0.717, 1.165) is 6.66 Å². The minimum absolute atomic E-state index is 0.202. The first-order valence-corrected chi connectivity index (χ1v) is 6.73. The smallest absolute Gasteiger partial charge is 0.325 e. The third-order valence-corrected chi connectivity index (χ3v) is 2.52. The van der Waals surface area contributed by atoms with Gasteiger partial charge in [-0.1, -0.05) is 0 Å². The van der Waals surface area contributed by atoms with E-state index in [1.165, 1.54) is 7.11 Å². The monoisotopic (exact) mass is 241 g/mol. The molecular weight excluding hydrogens is 221 g/mol. The molecule has 0 spiro atoms. The molecule has 0 aromatic rings. The first-order valence-electron chi connectivity index (χ1n) is 4.71. The number of nitrogens with one attached hydrogen (secondary N) is 1. The lowest BCUT2D eigenvalue weighted by Gasteiger charge is -2.21. The summed E-state index contributed by atoms with van der Waals surface area (Å²) in [6, 6.07) is 0. The molecule has 0 bridgehead atoms. The molecule has 0 aromatic heterocycles. The fourth-order valence-corrected chi connectivity index (χ4v) is 1.51. The van der Waals surface area contributed by atoms with Crippen molar-refractivity contribution >= 4 is 7.60 Å². The van der Waals surface area contributed by atoms with Crippen molar-refractivity contribution in [3.05, 3.63) is 0 Å². The minimum atomic E-state index is -3.53. The van der Waals surface area contributed by atoms with Gasteiger partial charge in [0.2, 0.25) is 0 Å². The van der Waals surface area contributed by atoms with Crippen molar-refractivity contribution in [1.82, 2.24) is 5.32 Å². The van der Waals surface area contributed by atoms with E-state index in [2.05, 4.69) is 9.84 Å². The fourth-order valence-electron chi connectivity index (χ4n) is 1.08. The minimum Gasteiger partial charge on any atom is -0.388 e. The van der Waals surface area contributed by atoms with E-state index in [-0.39, 0.29) is 6.61 Å². The van der Waals surface area contributed by atoms with E-state index < -0.39 is 19.8 Å². The van der Waals surface area contributed by atoms with Gasteiger partial charge in [-0.2, -0.15) is 0 Å². The van der Waals surface area contributed by atoms with Crippen molar-refractivity contribution < 1.29 is 23.8 Å². The first-order chi connectivity index (χ1) is 6.90. The highest BCUT2D eigenvalue weighted by atomic mass is 31.2. The van der Waals surface area contributed by atoms with E-state index in [9.17, 15) is 9.67 Å². The Kier molecular flexibility index (Phi) is 7.34. The SMILES string of the molecule is CNCC[C@@H](OC)C(O)COP(C)(=O)O. The van der Waals surface area contributed by atoms with Crippen LogP contribution in [0, 0.1) is 0 Å². The molecule has 0 heterocycles. The molecule has 0 saturated heterocycles. The number of aliphatic hydroxyl groups is 1. The highest BCUT2D eigenvalue weighted by molar-refractivity contribution is 7.51. The van der Waals surface area contributed by atoms with Crippen LogP contribution in [-0.4, -0.2) is 56.2 Å². The largest absolute Gasteiger partial charge is 0.388 e. The van der Waals surface area contributed by atoms with Gasteiger partial charge in [0.1, 0.15) is 6.10 Å². The van der Waals surface area contributed by atoms with Crippen molar-refractivity contribution in [3.8, 4) is 0 Å². The molecule has 3 atom stereocenters. The highest BCUT2D eigenvalue weighted by Gasteiger charge is 2.21. The van der Waals surface area contributed by atoms with Crippen LogP contribution >= 0.6 is 7.60 Å². The zero-order chi connectivity index (χ0) is 11.9. The predicted octanol–water partition coefficient (Wildman–Crippen LogP) is -0.196. The zero-order valence-corrected chi connectivity index (χ0v) is 10.2. The molecule has 0 aromatic carbocycles. The third-order valence-electron chi connectivity index (χ3n) is 1.90. The van der Waals surface area contributed by atoms with Gasteiger partial charge in [0.15, 0.2) is 0 Å². The third kappa shape index (κ3) is 7.90. The molecule has 0 aliphatic carbocycles. The van der Waals surface area contributed by atoms with Gasteiger partial charge in [-0.05, 0) is 20.0 Å². The fraction of sp³-hybridized carbons (Fsp3) is 1.00. The molecule has 0 aliphatic heterocycles. The van der Waals surface area contributed by atoms with Crippen LogP contribution in [0.15, 0.2) is 0 Å². The topological polar surface area (TPSA) is 88.0 Å². The average Bonchev–Trinajstić information content (AvgIpc) is 2.15. The van der Waals surface area contributed by atoms with Crippen molar-refractivity contribution in [2.24, 2.45) is 0 Å². The number of aliphatic hydroxyl groups excluding tert-OH is 1. The average molecular weight is 241 g/mol. The Morgan fingerprint density at radius 1 is 1.53 bits per heavy atom. The highest BCUT2D eigenvalue weighted by Crippen LogP contribution is 2.36. The number of rotatable bonds is 8. The predicted molar refractivity (Wildman–Crippen MR) is 57.0 cm³/mol. The summed E-state index contributed by atoms with van der Waals surface area (Å²) in [7, 11) is -0.251. The maximum Gasteiger partial charge on any atom is 0.325 e. The van der Waals surface area contributed by atoms with E-state index in [1.807, 2.05) is 0 Å². The van der Waals surface area contributed by atoms with E-state index in [1.54, 1.807) is 7.05 Å². The summed E-state index contributed by atoms with van der Waals surface area (Å²) in [4.78, 5) is 8.87. The van der Waals surface area contributed by atoms with Crippen LogP contribution in [0.3, 0.4) is 0 Å². The van der Waals surface area contributed by atoms with E-state index in [4.69, 9.17) is 9.63 Å². The second kappa shape index (κ2) is 7.33. The Morgan fingerprint density at radius 3 is 2.53 bits per heavy atom. The molecule has 0 aliphatic rings. The lowest BCUT2D eigenvalue weighted by molar-refractivity contribution is -0.0367. The number of hydrogen-bond donors (Lipinski definition) is 3. The standard InChI is InChI=1S/C8H20NO5P/c1-9-5-4-8(13-2)7(10)6-14-15(3,11)12/h7-10H,4-6H2,1-3H3,(H,11,12)/t7?,8-/m1/s1. The summed E-state index contributed by atoms with van der Waals surface area (Å²) in [5.74, 6) is 0. The molecule has 15 heavy (non-hydrogen) atoms. The van der Waals surface area contributed by atoms with Crippen LogP contribution < -0.4 is 5.32 Å². The summed E-state index contributed by atoms with van der Waals surface area (Å²) >= 11 is 0. The van der Waals surface area contributed by atoms with Gasteiger partial charge in [-0.3, -0.25) is 4.57 Å². The molecule has 0 rings (SSSR count). The first kappa shape index (κ1) is 15.0. The number of ether oxygens (including phenoxy) is 1.